The molecule has 34 heavy (non-hydrogen) atoms. The number of rotatable bonds is 10. The number of hydrazone groups is 1. The van der Waals surface area contributed by atoms with Crippen molar-refractivity contribution in [3.8, 4) is 17.2 Å². The lowest BCUT2D eigenvalue weighted by Gasteiger charge is -2.11. The van der Waals surface area contributed by atoms with Crippen molar-refractivity contribution in [2.24, 2.45) is 5.10 Å². The summed E-state index contributed by atoms with van der Waals surface area (Å²) in [6, 6.07) is 18.8. The van der Waals surface area contributed by atoms with Crippen LogP contribution in [0, 0.1) is 10.1 Å². The maximum absolute atomic E-state index is 12.3. The van der Waals surface area contributed by atoms with E-state index in [0.717, 1.165) is 0 Å². The van der Waals surface area contributed by atoms with Gasteiger partial charge in [-0.25, -0.2) is 10.2 Å². The Bertz CT molecular complexity index is 1180. The van der Waals surface area contributed by atoms with Gasteiger partial charge in [0.15, 0.2) is 18.1 Å². The first kappa shape index (κ1) is 23.9. The number of non-ortho nitro benzene ring substituents is 1. The van der Waals surface area contributed by atoms with Crippen molar-refractivity contribution in [1.29, 1.82) is 0 Å². The molecule has 0 bridgehead atoms. The van der Waals surface area contributed by atoms with E-state index in [1.807, 2.05) is 0 Å². The molecule has 3 rings (SSSR count). The van der Waals surface area contributed by atoms with Crippen molar-refractivity contribution in [2.75, 3.05) is 13.2 Å². The summed E-state index contributed by atoms with van der Waals surface area (Å²) in [5, 5.41) is 14.5. The molecule has 10 nitrogen and oxygen atoms in total. The lowest BCUT2D eigenvalue weighted by Crippen LogP contribution is -2.24. The van der Waals surface area contributed by atoms with Gasteiger partial charge in [0, 0.05) is 12.1 Å². The van der Waals surface area contributed by atoms with E-state index < -0.39 is 16.8 Å². The Morgan fingerprint density at radius 1 is 1.00 bits per heavy atom. The van der Waals surface area contributed by atoms with Gasteiger partial charge in [0.1, 0.15) is 5.75 Å². The molecular formula is C24H21N3O7. The normalized spacial score (nSPS) is 10.5. The molecule has 3 aromatic carbocycles. The van der Waals surface area contributed by atoms with Gasteiger partial charge in [-0.2, -0.15) is 5.10 Å². The van der Waals surface area contributed by atoms with Gasteiger partial charge in [-0.3, -0.25) is 14.9 Å². The number of hydrogen-bond donors (Lipinski definition) is 1. The van der Waals surface area contributed by atoms with E-state index in [-0.39, 0.29) is 18.0 Å². The highest BCUT2D eigenvalue weighted by Crippen LogP contribution is 2.29. The zero-order valence-corrected chi connectivity index (χ0v) is 18.2. The molecule has 0 fully saturated rings. The van der Waals surface area contributed by atoms with Gasteiger partial charge in [0.05, 0.1) is 23.3 Å². The number of nitrogens with one attached hydrogen (secondary N) is 1. The maximum Gasteiger partial charge on any atom is 0.343 e. The summed E-state index contributed by atoms with van der Waals surface area (Å²) in [5.74, 6) is -0.111. The topological polar surface area (TPSA) is 129 Å². The quantitative estimate of drug-likeness (QED) is 0.159. The van der Waals surface area contributed by atoms with Crippen LogP contribution in [0.4, 0.5) is 5.69 Å². The van der Waals surface area contributed by atoms with Crippen molar-refractivity contribution < 1.29 is 28.7 Å². The fourth-order valence-corrected chi connectivity index (χ4v) is 2.71. The number of nitro groups is 1. The fraction of sp³-hybridized carbons (Fsp3) is 0.125. The fourth-order valence-electron chi connectivity index (χ4n) is 2.71. The Labute approximate surface area is 194 Å². The molecule has 0 saturated carbocycles. The number of nitro benzene ring substituents is 1. The minimum Gasteiger partial charge on any atom is -0.490 e. The lowest BCUT2D eigenvalue weighted by atomic mass is 10.2. The Morgan fingerprint density at radius 3 is 2.41 bits per heavy atom. The van der Waals surface area contributed by atoms with E-state index in [1.54, 1.807) is 55.5 Å². The second-order valence-corrected chi connectivity index (χ2v) is 6.73. The van der Waals surface area contributed by atoms with Gasteiger partial charge in [-0.05, 0) is 55.0 Å². The second kappa shape index (κ2) is 11.8. The van der Waals surface area contributed by atoms with Gasteiger partial charge in [0.2, 0.25) is 0 Å². The largest absolute Gasteiger partial charge is 0.490 e. The standard InChI is InChI=1S/C24H21N3O7/c1-2-32-22-14-17(8-13-21(22)34-24(29)18-6-4-3-5-7-18)15-25-26-23(28)16-33-20-11-9-19(10-12-20)27(30)31/h3-15H,2,16H2,1H3,(H,26,28). The average molecular weight is 463 g/mol. The molecule has 0 aliphatic carbocycles. The van der Waals surface area contributed by atoms with Crippen LogP contribution >= 0.6 is 0 Å². The summed E-state index contributed by atoms with van der Waals surface area (Å²) in [4.78, 5) is 34.4. The molecule has 3 aromatic rings. The van der Waals surface area contributed by atoms with E-state index in [2.05, 4.69) is 10.5 Å². The van der Waals surface area contributed by atoms with Crippen molar-refractivity contribution in [3.05, 3.63) is 94.0 Å². The Morgan fingerprint density at radius 2 is 1.74 bits per heavy atom. The van der Waals surface area contributed by atoms with Gasteiger partial charge < -0.3 is 14.2 Å². The van der Waals surface area contributed by atoms with Crippen LogP contribution in [0.2, 0.25) is 0 Å². The first-order chi connectivity index (χ1) is 16.5. The predicted molar refractivity (Wildman–Crippen MR) is 123 cm³/mol. The molecular weight excluding hydrogens is 442 g/mol. The Kier molecular flexibility index (Phi) is 8.28. The molecule has 0 aliphatic rings. The smallest absolute Gasteiger partial charge is 0.343 e. The molecule has 0 heterocycles. The van der Waals surface area contributed by atoms with Crippen molar-refractivity contribution >= 4 is 23.8 Å². The van der Waals surface area contributed by atoms with Gasteiger partial charge in [0.25, 0.3) is 11.6 Å². The third-order valence-corrected chi connectivity index (χ3v) is 4.30. The third-order valence-electron chi connectivity index (χ3n) is 4.30. The van der Waals surface area contributed by atoms with Crippen LogP contribution in [0.3, 0.4) is 0 Å². The molecule has 0 spiro atoms. The van der Waals surface area contributed by atoms with Crippen molar-refractivity contribution in [3.63, 3.8) is 0 Å². The average Bonchev–Trinajstić information content (AvgIpc) is 2.85. The summed E-state index contributed by atoms with van der Waals surface area (Å²) in [6.07, 6.45) is 1.40. The van der Waals surface area contributed by atoms with E-state index in [4.69, 9.17) is 14.2 Å². The predicted octanol–water partition coefficient (Wildman–Crippen LogP) is 3.74. The Balaban J connectivity index is 1.56. The minimum atomic E-state index is -0.526. The summed E-state index contributed by atoms with van der Waals surface area (Å²) >= 11 is 0. The monoisotopic (exact) mass is 463 g/mol. The van der Waals surface area contributed by atoms with E-state index in [9.17, 15) is 19.7 Å². The molecule has 174 valence electrons. The molecule has 1 amide bonds. The Hall–Kier alpha value is -4.73. The van der Waals surface area contributed by atoms with Gasteiger partial charge in [-0.1, -0.05) is 18.2 Å². The van der Waals surface area contributed by atoms with Crippen LogP contribution in [0.25, 0.3) is 0 Å². The van der Waals surface area contributed by atoms with Crippen LogP contribution in [-0.4, -0.2) is 36.2 Å². The second-order valence-electron chi connectivity index (χ2n) is 6.73. The number of nitrogens with zero attached hydrogens (tertiary/aromatic N) is 2. The van der Waals surface area contributed by atoms with Crippen molar-refractivity contribution in [1.82, 2.24) is 5.43 Å². The van der Waals surface area contributed by atoms with Crippen LogP contribution in [0.5, 0.6) is 17.2 Å². The summed E-state index contributed by atoms with van der Waals surface area (Å²) in [6.45, 7) is 1.83. The SMILES string of the molecule is CCOc1cc(C=NNC(=O)COc2ccc([N+](=O)[O-])cc2)ccc1OC(=O)c1ccccc1. The lowest BCUT2D eigenvalue weighted by molar-refractivity contribution is -0.384. The molecule has 0 aliphatic heterocycles. The molecule has 0 radical (unpaired) electrons. The maximum atomic E-state index is 12.3. The van der Waals surface area contributed by atoms with Crippen LogP contribution in [-0.2, 0) is 4.79 Å². The molecule has 0 atom stereocenters. The van der Waals surface area contributed by atoms with Crippen molar-refractivity contribution in [2.45, 2.75) is 6.92 Å². The van der Waals surface area contributed by atoms with E-state index >= 15 is 0 Å². The van der Waals surface area contributed by atoms with Crippen LogP contribution in [0.15, 0.2) is 77.9 Å². The number of hydrogen-bond acceptors (Lipinski definition) is 8. The number of benzene rings is 3. The molecule has 0 unspecified atom stereocenters. The molecule has 1 N–H and O–H groups in total. The van der Waals surface area contributed by atoms with E-state index in [1.165, 1.54) is 30.5 Å². The zero-order chi connectivity index (χ0) is 24.3. The minimum absolute atomic E-state index is 0.0753. The number of ether oxygens (including phenoxy) is 3. The van der Waals surface area contributed by atoms with Gasteiger partial charge in [-0.15, -0.1) is 0 Å². The first-order valence-electron chi connectivity index (χ1n) is 10.2. The molecule has 10 heteroatoms. The highest BCUT2D eigenvalue weighted by Gasteiger charge is 2.13. The summed E-state index contributed by atoms with van der Waals surface area (Å²) in [5.41, 5.74) is 3.25. The number of amides is 1. The van der Waals surface area contributed by atoms with Gasteiger partial charge >= 0.3 is 5.97 Å². The summed E-state index contributed by atoms with van der Waals surface area (Å²) < 4.78 is 16.3. The van der Waals surface area contributed by atoms with E-state index in [0.29, 0.717) is 29.2 Å². The first-order valence-corrected chi connectivity index (χ1v) is 10.2. The number of esters is 1. The number of carbonyl (C=O) groups excluding carboxylic acids is 2. The number of carbonyl (C=O) groups is 2. The zero-order valence-electron chi connectivity index (χ0n) is 18.2. The highest BCUT2D eigenvalue weighted by molar-refractivity contribution is 5.91. The molecule has 0 saturated heterocycles. The van der Waals surface area contributed by atoms with Crippen LogP contribution in [0.1, 0.15) is 22.8 Å². The highest BCUT2D eigenvalue weighted by atomic mass is 16.6. The molecule has 0 aromatic heterocycles. The summed E-state index contributed by atoms with van der Waals surface area (Å²) in [7, 11) is 0. The third kappa shape index (κ3) is 6.89. The van der Waals surface area contributed by atoms with Crippen LogP contribution < -0.4 is 19.6 Å².